The third-order valence-corrected chi connectivity index (χ3v) is 3.90. The van der Waals surface area contributed by atoms with E-state index in [1.165, 1.54) is 11.1 Å². The lowest BCUT2D eigenvalue weighted by Gasteiger charge is -2.40. The Balaban J connectivity index is 2.02. The third-order valence-electron chi connectivity index (χ3n) is 3.90. The van der Waals surface area contributed by atoms with Gasteiger partial charge in [-0.25, -0.2) is 0 Å². The van der Waals surface area contributed by atoms with Gasteiger partial charge in [-0.2, -0.15) is 0 Å². The van der Waals surface area contributed by atoms with Gasteiger partial charge in [0.2, 0.25) is 0 Å². The van der Waals surface area contributed by atoms with E-state index < -0.39 is 0 Å². The number of aliphatic imine (C=N–C) groups is 1. The molecule has 0 saturated heterocycles. The van der Waals surface area contributed by atoms with Crippen LogP contribution >= 0.6 is 0 Å². The number of rotatable bonds is 1. The van der Waals surface area contributed by atoms with Gasteiger partial charge in [-0.3, -0.25) is 4.99 Å². The zero-order valence-corrected chi connectivity index (χ0v) is 9.91. The van der Waals surface area contributed by atoms with Crippen LogP contribution in [-0.2, 0) is 4.74 Å². The maximum Gasteiger partial charge on any atom is 0.0685 e. The molecule has 0 spiro atoms. The van der Waals surface area contributed by atoms with Crippen LogP contribution in [0.3, 0.4) is 0 Å². The van der Waals surface area contributed by atoms with E-state index >= 15 is 0 Å². The molecule has 17 heavy (non-hydrogen) atoms. The van der Waals surface area contributed by atoms with Crippen LogP contribution in [0.25, 0.3) is 0 Å². The number of hydrogen-bond donors (Lipinski definition) is 1. The number of aliphatic hydroxyl groups excluding tert-OH is 1. The summed E-state index contributed by atoms with van der Waals surface area (Å²) in [4.78, 5) is 4.58. The normalized spacial score (nSPS) is 35.2. The Hall–Kier alpha value is -1.19. The molecule has 1 aromatic carbocycles. The Morgan fingerprint density at radius 3 is 2.94 bits per heavy atom. The Morgan fingerprint density at radius 2 is 2.12 bits per heavy atom. The highest BCUT2D eigenvalue weighted by Gasteiger charge is 2.40. The van der Waals surface area contributed by atoms with E-state index in [0.29, 0.717) is 12.3 Å². The molecule has 0 bridgehead atoms. The van der Waals surface area contributed by atoms with Crippen molar-refractivity contribution in [2.45, 2.75) is 37.0 Å². The molecule has 0 radical (unpaired) electrons. The number of aliphatic hydroxyl groups is 1. The first-order chi connectivity index (χ1) is 8.29. The second-order valence-corrected chi connectivity index (χ2v) is 4.90. The summed E-state index contributed by atoms with van der Waals surface area (Å²) in [6.07, 6.45) is 3.17. The van der Waals surface area contributed by atoms with Gasteiger partial charge in [0, 0.05) is 25.7 Å². The molecular weight excluding hydrogens is 214 g/mol. The Morgan fingerprint density at radius 1 is 1.29 bits per heavy atom. The molecule has 2 aliphatic rings. The highest BCUT2D eigenvalue weighted by Crippen LogP contribution is 2.40. The molecule has 1 fully saturated rings. The fourth-order valence-corrected chi connectivity index (χ4v) is 3.10. The molecule has 90 valence electrons. The first-order valence-electron chi connectivity index (χ1n) is 6.12. The molecule has 1 aliphatic heterocycles. The smallest absolute Gasteiger partial charge is 0.0685 e. The second-order valence-electron chi connectivity index (χ2n) is 4.90. The molecule has 4 unspecified atom stereocenters. The van der Waals surface area contributed by atoms with Crippen LogP contribution in [-0.4, -0.2) is 36.7 Å². The van der Waals surface area contributed by atoms with Crippen molar-refractivity contribution in [2.75, 3.05) is 7.11 Å². The van der Waals surface area contributed by atoms with E-state index in [1.807, 2.05) is 12.3 Å². The Kier molecular flexibility index (Phi) is 2.73. The summed E-state index contributed by atoms with van der Waals surface area (Å²) in [6, 6.07) is 8.50. The first kappa shape index (κ1) is 10.9. The van der Waals surface area contributed by atoms with Gasteiger partial charge in [-0.1, -0.05) is 24.3 Å². The standard InChI is InChI=1S/C14H17NO2/c1-17-13-7-10(16)6-12-14(13)11-5-3-2-4-9(11)8-15-12/h2-5,8,10,12-14,16H,6-7H2,1H3. The first-order valence-corrected chi connectivity index (χ1v) is 6.12. The second kappa shape index (κ2) is 4.24. The number of benzene rings is 1. The van der Waals surface area contributed by atoms with Crippen molar-refractivity contribution in [1.82, 2.24) is 0 Å². The molecule has 1 aromatic rings. The Bertz CT molecular complexity index is 444. The molecule has 0 amide bonds. The molecule has 4 atom stereocenters. The van der Waals surface area contributed by atoms with Crippen molar-refractivity contribution in [1.29, 1.82) is 0 Å². The van der Waals surface area contributed by atoms with Crippen LogP contribution in [0, 0.1) is 0 Å². The molecule has 3 heteroatoms. The van der Waals surface area contributed by atoms with Gasteiger partial charge in [-0.15, -0.1) is 0 Å². The van der Waals surface area contributed by atoms with Crippen molar-refractivity contribution in [3.63, 3.8) is 0 Å². The summed E-state index contributed by atoms with van der Waals surface area (Å²) in [5, 5.41) is 9.84. The van der Waals surface area contributed by atoms with Gasteiger partial charge in [0.05, 0.1) is 18.2 Å². The van der Waals surface area contributed by atoms with Gasteiger partial charge in [0.25, 0.3) is 0 Å². The summed E-state index contributed by atoms with van der Waals surface area (Å²) >= 11 is 0. The van der Waals surface area contributed by atoms with Crippen molar-refractivity contribution >= 4 is 6.21 Å². The topological polar surface area (TPSA) is 41.8 Å². The van der Waals surface area contributed by atoms with E-state index in [9.17, 15) is 5.11 Å². The van der Waals surface area contributed by atoms with Gasteiger partial charge < -0.3 is 9.84 Å². The zero-order chi connectivity index (χ0) is 11.8. The summed E-state index contributed by atoms with van der Waals surface area (Å²) in [5.41, 5.74) is 2.50. The fourth-order valence-electron chi connectivity index (χ4n) is 3.10. The molecule has 3 rings (SSSR count). The largest absolute Gasteiger partial charge is 0.393 e. The summed E-state index contributed by atoms with van der Waals surface area (Å²) in [5.74, 6) is 0.296. The van der Waals surface area contributed by atoms with Gasteiger partial charge in [-0.05, 0) is 17.5 Å². The lowest BCUT2D eigenvalue weighted by atomic mass is 9.74. The SMILES string of the molecule is COC1CC(O)CC2N=Cc3ccccc3C21. The zero-order valence-electron chi connectivity index (χ0n) is 9.91. The van der Waals surface area contributed by atoms with Crippen LogP contribution in [0.5, 0.6) is 0 Å². The number of methoxy groups -OCH3 is 1. The van der Waals surface area contributed by atoms with Crippen LogP contribution in [0.1, 0.15) is 29.9 Å². The molecule has 1 aliphatic carbocycles. The number of hydrogen-bond acceptors (Lipinski definition) is 3. The van der Waals surface area contributed by atoms with E-state index in [1.54, 1.807) is 7.11 Å². The highest BCUT2D eigenvalue weighted by atomic mass is 16.5. The van der Waals surface area contributed by atoms with Crippen LogP contribution in [0.2, 0.25) is 0 Å². The molecule has 0 aromatic heterocycles. The fraction of sp³-hybridized carbons (Fsp3) is 0.500. The van der Waals surface area contributed by atoms with Crippen LogP contribution in [0.15, 0.2) is 29.3 Å². The summed E-state index contributed by atoms with van der Waals surface area (Å²) < 4.78 is 5.55. The minimum absolute atomic E-state index is 0.0716. The minimum Gasteiger partial charge on any atom is -0.393 e. The van der Waals surface area contributed by atoms with Gasteiger partial charge >= 0.3 is 0 Å². The summed E-state index contributed by atoms with van der Waals surface area (Å²) in [6.45, 7) is 0. The van der Waals surface area contributed by atoms with Gasteiger partial charge in [0.15, 0.2) is 0 Å². The van der Waals surface area contributed by atoms with Gasteiger partial charge in [0.1, 0.15) is 0 Å². The third kappa shape index (κ3) is 1.79. The molecule has 1 heterocycles. The average molecular weight is 231 g/mol. The van der Waals surface area contributed by atoms with Crippen molar-refractivity contribution in [2.24, 2.45) is 4.99 Å². The number of fused-ring (bicyclic) bond motifs is 3. The van der Waals surface area contributed by atoms with E-state index in [4.69, 9.17) is 4.74 Å². The summed E-state index contributed by atoms with van der Waals surface area (Å²) in [7, 11) is 1.72. The monoisotopic (exact) mass is 231 g/mol. The highest BCUT2D eigenvalue weighted by molar-refractivity contribution is 5.83. The van der Waals surface area contributed by atoms with Crippen molar-refractivity contribution in [3.05, 3.63) is 35.4 Å². The van der Waals surface area contributed by atoms with E-state index in [2.05, 4.69) is 23.2 Å². The molecule has 1 N–H and O–H groups in total. The molecular formula is C14H17NO2. The average Bonchev–Trinajstić information content (AvgIpc) is 2.37. The maximum absolute atomic E-state index is 9.84. The predicted octanol–water partition coefficient (Wildman–Crippen LogP) is 1.74. The predicted molar refractivity (Wildman–Crippen MR) is 66.6 cm³/mol. The Labute approximate surface area is 101 Å². The molecule has 1 saturated carbocycles. The minimum atomic E-state index is -0.288. The lowest BCUT2D eigenvalue weighted by molar-refractivity contribution is -0.0113. The molecule has 3 nitrogen and oxygen atoms in total. The quantitative estimate of drug-likeness (QED) is 0.800. The lowest BCUT2D eigenvalue weighted by Crippen LogP contribution is -2.42. The maximum atomic E-state index is 9.84. The van der Waals surface area contributed by atoms with E-state index in [-0.39, 0.29) is 18.2 Å². The number of nitrogens with zero attached hydrogens (tertiary/aromatic N) is 1. The van der Waals surface area contributed by atoms with E-state index in [0.717, 1.165) is 6.42 Å². The van der Waals surface area contributed by atoms with Crippen molar-refractivity contribution < 1.29 is 9.84 Å². The number of ether oxygens (including phenoxy) is 1. The van der Waals surface area contributed by atoms with Crippen LogP contribution < -0.4 is 0 Å². The van der Waals surface area contributed by atoms with Crippen molar-refractivity contribution in [3.8, 4) is 0 Å². The van der Waals surface area contributed by atoms with Crippen LogP contribution in [0.4, 0.5) is 0 Å².